The van der Waals surface area contributed by atoms with Crippen LogP contribution < -0.4 is 0 Å². The molecule has 0 saturated carbocycles. The molecule has 0 atom stereocenters. The maximum atomic E-state index is 12.6. The molecule has 2 rings (SSSR count). The molecular formula is C26H34O6. The van der Waals surface area contributed by atoms with Gasteiger partial charge in [0, 0.05) is 6.42 Å². The summed E-state index contributed by atoms with van der Waals surface area (Å²) in [7, 11) is 0. The highest BCUT2D eigenvalue weighted by Crippen LogP contribution is 2.20. The lowest BCUT2D eigenvalue weighted by Gasteiger charge is -2.17. The molecule has 0 bridgehead atoms. The molecule has 0 aliphatic carbocycles. The average molecular weight is 443 g/mol. The van der Waals surface area contributed by atoms with Crippen LogP contribution in [-0.4, -0.2) is 18.2 Å². The topological polar surface area (TPSA) is 71.1 Å². The number of rotatable bonds is 10. The van der Waals surface area contributed by atoms with Gasteiger partial charge in [0.25, 0.3) is 0 Å². The minimum atomic E-state index is -1.02. The highest BCUT2D eigenvalue weighted by atomic mass is 17.3. The van der Waals surface area contributed by atoms with Crippen molar-refractivity contribution >= 4 is 11.9 Å². The largest absolute Gasteiger partial charge is 0.373 e. The second-order valence-corrected chi connectivity index (χ2v) is 8.41. The summed E-state index contributed by atoms with van der Waals surface area (Å²) >= 11 is 0. The van der Waals surface area contributed by atoms with Crippen molar-refractivity contribution in [1.29, 1.82) is 0 Å². The van der Waals surface area contributed by atoms with E-state index in [0.717, 1.165) is 52.6 Å². The lowest BCUT2D eigenvalue weighted by atomic mass is 10.0. The van der Waals surface area contributed by atoms with Gasteiger partial charge in [-0.1, -0.05) is 55.2 Å². The van der Waals surface area contributed by atoms with Gasteiger partial charge < -0.3 is 0 Å². The predicted molar refractivity (Wildman–Crippen MR) is 122 cm³/mol. The number of carbonyl (C=O) groups excluding carboxylic acids is 2. The lowest BCUT2D eigenvalue weighted by Crippen LogP contribution is -2.23. The van der Waals surface area contributed by atoms with Gasteiger partial charge in [0.1, 0.15) is 0 Å². The minimum Gasteiger partial charge on any atom is -0.290 e. The molecule has 0 amide bonds. The fraction of sp³-hybridized carbons (Fsp3) is 0.462. The molecule has 2 aromatic rings. The third kappa shape index (κ3) is 6.90. The van der Waals surface area contributed by atoms with Gasteiger partial charge in [-0.25, -0.2) is 9.59 Å². The molecule has 0 spiro atoms. The van der Waals surface area contributed by atoms with E-state index in [0.29, 0.717) is 17.5 Å². The first-order valence-corrected chi connectivity index (χ1v) is 11.0. The molecule has 0 N–H and O–H groups in total. The van der Waals surface area contributed by atoms with Crippen molar-refractivity contribution in [3.63, 3.8) is 0 Å². The van der Waals surface area contributed by atoms with Crippen LogP contribution in [0.15, 0.2) is 24.3 Å². The minimum absolute atomic E-state index is 0.409. The van der Waals surface area contributed by atoms with E-state index in [1.807, 2.05) is 65.8 Å². The highest BCUT2D eigenvalue weighted by molar-refractivity contribution is 5.93. The molecule has 6 heteroatoms. The number of carbonyl (C=O) groups is 2. The first kappa shape index (κ1) is 25.6. The van der Waals surface area contributed by atoms with Crippen LogP contribution in [0.4, 0.5) is 0 Å². The van der Waals surface area contributed by atoms with E-state index in [4.69, 9.17) is 19.6 Å². The van der Waals surface area contributed by atoms with Crippen molar-refractivity contribution in [1.82, 2.24) is 0 Å². The summed E-state index contributed by atoms with van der Waals surface area (Å²) in [4.78, 5) is 45.9. The summed E-state index contributed by atoms with van der Waals surface area (Å²) < 4.78 is 0. The van der Waals surface area contributed by atoms with Crippen LogP contribution in [0.3, 0.4) is 0 Å². The molecule has 0 aliphatic heterocycles. The van der Waals surface area contributed by atoms with Gasteiger partial charge in [0.2, 0.25) is 6.29 Å². The fourth-order valence-corrected chi connectivity index (χ4v) is 3.96. The zero-order valence-corrected chi connectivity index (χ0v) is 20.2. The molecule has 0 aliphatic rings. The number of benzene rings is 2. The van der Waals surface area contributed by atoms with Gasteiger partial charge in [-0.05, 0) is 70.2 Å². The summed E-state index contributed by atoms with van der Waals surface area (Å²) in [5.41, 5.74) is 6.23. The van der Waals surface area contributed by atoms with Gasteiger partial charge in [-0.2, -0.15) is 0 Å². The van der Waals surface area contributed by atoms with E-state index in [1.165, 1.54) is 0 Å². The van der Waals surface area contributed by atoms with Crippen molar-refractivity contribution in [2.75, 3.05) is 0 Å². The van der Waals surface area contributed by atoms with Gasteiger partial charge in [-0.3, -0.25) is 9.78 Å². The zero-order chi connectivity index (χ0) is 23.8. The van der Waals surface area contributed by atoms with Crippen molar-refractivity contribution in [3.05, 3.63) is 68.8 Å². The maximum absolute atomic E-state index is 12.6. The molecule has 0 saturated heterocycles. The standard InChI is InChI=1S/C26H34O6/c1-8-9-10-11-22(29-31-25(27)23-18(4)12-16(2)13-19(23)5)30-32-26(28)24-20(6)14-17(3)15-21(24)7/h12-15,22H,8-11H2,1-7H3. The molecule has 2 aromatic carbocycles. The third-order valence-electron chi connectivity index (χ3n) is 5.27. The Hall–Kier alpha value is -2.70. The molecule has 0 heterocycles. The van der Waals surface area contributed by atoms with E-state index in [1.54, 1.807) is 0 Å². The van der Waals surface area contributed by atoms with Crippen LogP contribution >= 0.6 is 0 Å². The van der Waals surface area contributed by atoms with Gasteiger partial charge in [0.15, 0.2) is 0 Å². The Labute approximate surface area is 190 Å². The van der Waals surface area contributed by atoms with Crippen LogP contribution in [0.1, 0.15) is 86.7 Å². The van der Waals surface area contributed by atoms with Gasteiger partial charge >= 0.3 is 11.9 Å². The summed E-state index contributed by atoms with van der Waals surface area (Å²) in [5, 5.41) is 0. The Balaban J connectivity index is 2.05. The van der Waals surface area contributed by atoms with Crippen LogP contribution in [0.2, 0.25) is 0 Å². The second kappa shape index (κ2) is 11.8. The van der Waals surface area contributed by atoms with E-state index in [9.17, 15) is 9.59 Å². The van der Waals surface area contributed by atoms with Gasteiger partial charge in [0.05, 0.1) is 11.1 Å². The normalized spacial score (nSPS) is 11.0. The smallest absolute Gasteiger partial charge is 0.290 e. The van der Waals surface area contributed by atoms with E-state index < -0.39 is 18.2 Å². The Morgan fingerprint density at radius 2 is 1.06 bits per heavy atom. The Morgan fingerprint density at radius 3 is 1.41 bits per heavy atom. The fourth-order valence-electron chi connectivity index (χ4n) is 3.96. The molecular weight excluding hydrogens is 408 g/mol. The SMILES string of the molecule is CCCCCC(OOC(=O)c1c(C)cc(C)cc1C)OOC(=O)c1c(C)cc(C)cc1C. The summed E-state index contributed by atoms with van der Waals surface area (Å²) in [5.74, 6) is -1.22. The summed E-state index contributed by atoms with van der Waals surface area (Å²) in [6.07, 6.45) is 2.09. The number of hydrogen-bond donors (Lipinski definition) is 0. The highest BCUT2D eigenvalue weighted by Gasteiger charge is 2.22. The lowest BCUT2D eigenvalue weighted by molar-refractivity contribution is -0.421. The quantitative estimate of drug-likeness (QED) is 0.186. The average Bonchev–Trinajstić information content (AvgIpc) is 2.68. The van der Waals surface area contributed by atoms with Crippen molar-refractivity contribution in [2.24, 2.45) is 0 Å². The van der Waals surface area contributed by atoms with Gasteiger partial charge in [-0.15, -0.1) is 9.78 Å². The Bertz CT molecular complexity index is 843. The molecule has 32 heavy (non-hydrogen) atoms. The number of hydrogen-bond acceptors (Lipinski definition) is 6. The van der Waals surface area contributed by atoms with Crippen LogP contribution in [0, 0.1) is 41.5 Å². The molecule has 0 aromatic heterocycles. The number of aryl methyl sites for hydroxylation is 6. The molecule has 0 fully saturated rings. The molecule has 0 unspecified atom stereocenters. The predicted octanol–water partition coefficient (Wildman–Crippen LogP) is 6.32. The third-order valence-corrected chi connectivity index (χ3v) is 5.27. The number of unbranched alkanes of at least 4 members (excludes halogenated alkanes) is 2. The zero-order valence-electron chi connectivity index (χ0n) is 20.2. The second-order valence-electron chi connectivity index (χ2n) is 8.41. The van der Waals surface area contributed by atoms with E-state index >= 15 is 0 Å². The monoisotopic (exact) mass is 442 g/mol. The first-order chi connectivity index (χ1) is 15.1. The van der Waals surface area contributed by atoms with Crippen molar-refractivity contribution in [3.8, 4) is 0 Å². The first-order valence-electron chi connectivity index (χ1n) is 11.0. The summed E-state index contributed by atoms with van der Waals surface area (Å²) in [6, 6.07) is 7.64. The van der Waals surface area contributed by atoms with Crippen molar-refractivity contribution < 1.29 is 29.1 Å². The molecule has 6 nitrogen and oxygen atoms in total. The Kier molecular flexibility index (Phi) is 9.42. The Morgan fingerprint density at radius 1 is 0.688 bits per heavy atom. The summed E-state index contributed by atoms with van der Waals surface area (Å²) in [6.45, 7) is 13.4. The van der Waals surface area contributed by atoms with Crippen LogP contribution in [-0.2, 0) is 19.6 Å². The molecule has 0 radical (unpaired) electrons. The van der Waals surface area contributed by atoms with E-state index in [-0.39, 0.29) is 0 Å². The van der Waals surface area contributed by atoms with Crippen LogP contribution in [0.25, 0.3) is 0 Å². The molecule has 174 valence electrons. The van der Waals surface area contributed by atoms with Crippen LogP contribution in [0.5, 0.6) is 0 Å². The van der Waals surface area contributed by atoms with Crippen molar-refractivity contribution in [2.45, 2.75) is 80.4 Å². The maximum Gasteiger partial charge on any atom is 0.373 e. The van der Waals surface area contributed by atoms with E-state index in [2.05, 4.69) is 6.92 Å².